The number of hydrogen-bond acceptors (Lipinski definition) is 10. The van der Waals surface area contributed by atoms with Gasteiger partial charge in [0.2, 0.25) is 6.29 Å². The number of ether oxygens (including phenoxy) is 5. The van der Waals surface area contributed by atoms with Crippen LogP contribution in [0.2, 0.25) is 0 Å². The highest BCUT2D eigenvalue weighted by atomic mass is 16.7. The van der Waals surface area contributed by atoms with Gasteiger partial charge >= 0.3 is 29.9 Å². The fourth-order valence-corrected chi connectivity index (χ4v) is 3.16. The molecular formula is C21H26N2O10. The second-order valence-electron chi connectivity index (χ2n) is 7.09. The van der Waals surface area contributed by atoms with E-state index in [0.717, 1.165) is 27.7 Å². The first-order valence-corrected chi connectivity index (χ1v) is 10.00. The van der Waals surface area contributed by atoms with Gasteiger partial charge in [0.1, 0.15) is 18.8 Å². The van der Waals surface area contributed by atoms with Crippen molar-refractivity contribution in [3.8, 4) is 0 Å². The molecule has 0 spiro atoms. The summed E-state index contributed by atoms with van der Waals surface area (Å²) in [6.45, 7) is 4.12. The van der Waals surface area contributed by atoms with Crippen LogP contribution in [0.25, 0.3) is 0 Å². The molecule has 1 aliphatic rings. The standard InChI is InChI=1S/C21H26N2O10/c1-11(24)29-10-16-18(30-12(2)25)19(31-13(3)26)17(20(33-16)32-14(4)27)23-21(28)22-15-8-6-5-7-9-15/h5-9,16-20H,10H2,1-4H3,(H2,22,23,28)/t16-,17-,18+,19-,20-/m1/s1. The van der Waals surface area contributed by atoms with Crippen LogP contribution in [0.3, 0.4) is 0 Å². The van der Waals surface area contributed by atoms with E-state index in [-0.39, 0.29) is 0 Å². The Bertz CT molecular complexity index is 875. The van der Waals surface area contributed by atoms with Crippen molar-refractivity contribution in [2.24, 2.45) is 0 Å². The fraction of sp³-hybridized carbons (Fsp3) is 0.476. The number of anilines is 1. The first kappa shape index (κ1) is 25.6. The molecule has 2 rings (SSSR count). The predicted molar refractivity (Wildman–Crippen MR) is 111 cm³/mol. The van der Waals surface area contributed by atoms with E-state index in [1.54, 1.807) is 30.3 Å². The lowest BCUT2D eigenvalue weighted by Crippen LogP contribution is -2.67. The molecule has 12 heteroatoms. The molecule has 1 saturated heterocycles. The Morgan fingerprint density at radius 1 is 0.818 bits per heavy atom. The Morgan fingerprint density at radius 2 is 1.39 bits per heavy atom. The van der Waals surface area contributed by atoms with E-state index < -0.39 is 67.2 Å². The number of amides is 2. The average Bonchev–Trinajstić information content (AvgIpc) is 2.70. The van der Waals surface area contributed by atoms with Crippen LogP contribution in [-0.2, 0) is 42.9 Å². The average molecular weight is 466 g/mol. The molecule has 2 N–H and O–H groups in total. The normalized spacial score (nSPS) is 24.1. The molecule has 1 aromatic rings. The summed E-state index contributed by atoms with van der Waals surface area (Å²) in [6, 6.07) is 6.45. The summed E-state index contributed by atoms with van der Waals surface area (Å²) in [4.78, 5) is 59.2. The van der Waals surface area contributed by atoms with Crippen molar-refractivity contribution in [1.29, 1.82) is 0 Å². The lowest BCUT2D eigenvalue weighted by Gasteiger charge is -2.44. The third-order valence-electron chi connectivity index (χ3n) is 4.31. The molecule has 12 nitrogen and oxygen atoms in total. The Hall–Kier alpha value is -3.67. The monoisotopic (exact) mass is 466 g/mol. The van der Waals surface area contributed by atoms with Crippen LogP contribution in [0.5, 0.6) is 0 Å². The van der Waals surface area contributed by atoms with Gasteiger partial charge in [-0.15, -0.1) is 0 Å². The van der Waals surface area contributed by atoms with Crippen molar-refractivity contribution in [2.75, 3.05) is 11.9 Å². The van der Waals surface area contributed by atoms with Crippen molar-refractivity contribution in [3.63, 3.8) is 0 Å². The van der Waals surface area contributed by atoms with Gasteiger partial charge in [-0.1, -0.05) is 18.2 Å². The number of para-hydroxylation sites is 1. The summed E-state index contributed by atoms with van der Waals surface area (Å²) in [5, 5.41) is 5.12. The number of esters is 4. The Labute approximate surface area is 189 Å². The molecular weight excluding hydrogens is 440 g/mol. The van der Waals surface area contributed by atoms with Crippen LogP contribution in [0.1, 0.15) is 27.7 Å². The number of carbonyl (C=O) groups is 5. The highest BCUT2D eigenvalue weighted by molar-refractivity contribution is 5.89. The third-order valence-corrected chi connectivity index (χ3v) is 4.31. The summed E-state index contributed by atoms with van der Waals surface area (Å²) in [5.74, 6) is -2.90. The molecule has 33 heavy (non-hydrogen) atoms. The second kappa shape index (κ2) is 11.8. The molecule has 2 amide bonds. The van der Waals surface area contributed by atoms with Gasteiger partial charge in [-0.05, 0) is 12.1 Å². The number of hydrogen-bond donors (Lipinski definition) is 2. The second-order valence-corrected chi connectivity index (χ2v) is 7.09. The summed E-state index contributed by atoms with van der Waals surface area (Å²) < 4.78 is 26.5. The van der Waals surface area contributed by atoms with Gasteiger partial charge in [0.25, 0.3) is 0 Å². The molecule has 1 fully saturated rings. The van der Waals surface area contributed by atoms with E-state index >= 15 is 0 Å². The van der Waals surface area contributed by atoms with Crippen molar-refractivity contribution < 1.29 is 47.7 Å². The molecule has 0 bridgehead atoms. The first-order valence-electron chi connectivity index (χ1n) is 10.00. The summed E-state index contributed by atoms with van der Waals surface area (Å²) in [7, 11) is 0. The minimum Gasteiger partial charge on any atom is -0.463 e. The number of benzene rings is 1. The van der Waals surface area contributed by atoms with E-state index in [9.17, 15) is 24.0 Å². The number of urea groups is 1. The summed E-state index contributed by atoms with van der Waals surface area (Å²) >= 11 is 0. The molecule has 0 radical (unpaired) electrons. The van der Waals surface area contributed by atoms with Crippen LogP contribution in [0, 0.1) is 0 Å². The highest BCUT2D eigenvalue weighted by Gasteiger charge is 2.52. The van der Waals surface area contributed by atoms with Crippen LogP contribution in [0.4, 0.5) is 10.5 Å². The zero-order valence-corrected chi connectivity index (χ0v) is 18.6. The number of rotatable bonds is 7. The minimum atomic E-state index is -1.46. The van der Waals surface area contributed by atoms with Gasteiger partial charge in [-0.3, -0.25) is 19.2 Å². The lowest BCUT2D eigenvalue weighted by molar-refractivity contribution is -0.270. The maximum Gasteiger partial charge on any atom is 0.319 e. The largest absolute Gasteiger partial charge is 0.463 e. The smallest absolute Gasteiger partial charge is 0.319 e. The Kier molecular flexibility index (Phi) is 9.16. The molecule has 0 aliphatic carbocycles. The van der Waals surface area contributed by atoms with E-state index in [1.165, 1.54) is 0 Å². The molecule has 0 aromatic heterocycles. The summed E-state index contributed by atoms with van der Waals surface area (Å²) in [6.07, 6.45) is -5.26. The highest BCUT2D eigenvalue weighted by Crippen LogP contribution is 2.28. The third kappa shape index (κ3) is 8.07. The SMILES string of the molecule is CC(=O)OC[C@H]1O[C@@H](OC(C)=O)[C@H](NC(=O)Nc2ccccc2)[C@@H](OC(C)=O)[C@H]1OC(C)=O. The van der Waals surface area contributed by atoms with E-state index in [4.69, 9.17) is 23.7 Å². The topological polar surface area (TPSA) is 156 Å². The van der Waals surface area contributed by atoms with Crippen molar-refractivity contribution in [3.05, 3.63) is 30.3 Å². The molecule has 1 heterocycles. The van der Waals surface area contributed by atoms with Crippen LogP contribution >= 0.6 is 0 Å². The van der Waals surface area contributed by atoms with E-state index in [1.807, 2.05) is 0 Å². The number of carbonyl (C=O) groups excluding carboxylic acids is 5. The summed E-state index contributed by atoms with van der Waals surface area (Å²) in [5.41, 5.74) is 0.462. The first-order chi connectivity index (χ1) is 15.6. The quantitative estimate of drug-likeness (QED) is 0.437. The van der Waals surface area contributed by atoms with Gasteiger partial charge in [-0.2, -0.15) is 0 Å². The molecule has 1 aromatic carbocycles. The van der Waals surface area contributed by atoms with Crippen LogP contribution < -0.4 is 10.6 Å². The maximum atomic E-state index is 12.6. The van der Waals surface area contributed by atoms with Gasteiger partial charge in [0.15, 0.2) is 12.2 Å². The minimum absolute atomic E-state index is 0.397. The van der Waals surface area contributed by atoms with E-state index in [2.05, 4.69) is 10.6 Å². The van der Waals surface area contributed by atoms with Gasteiger partial charge in [0.05, 0.1) is 0 Å². The van der Waals surface area contributed by atoms with Crippen molar-refractivity contribution in [1.82, 2.24) is 5.32 Å². The Morgan fingerprint density at radius 3 is 1.94 bits per heavy atom. The fourth-order valence-electron chi connectivity index (χ4n) is 3.16. The Balaban J connectivity index is 2.37. The van der Waals surface area contributed by atoms with Crippen LogP contribution in [-0.4, -0.2) is 67.2 Å². The molecule has 180 valence electrons. The van der Waals surface area contributed by atoms with Gasteiger partial charge < -0.3 is 34.3 Å². The molecule has 1 aliphatic heterocycles. The van der Waals surface area contributed by atoms with Crippen molar-refractivity contribution in [2.45, 2.75) is 58.3 Å². The molecule has 0 saturated carbocycles. The zero-order chi connectivity index (χ0) is 24.5. The van der Waals surface area contributed by atoms with Gasteiger partial charge in [0, 0.05) is 33.4 Å². The number of nitrogens with one attached hydrogen (secondary N) is 2. The van der Waals surface area contributed by atoms with Crippen molar-refractivity contribution >= 4 is 35.6 Å². The zero-order valence-electron chi connectivity index (χ0n) is 18.6. The maximum absolute atomic E-state index is 12.6. The molecule has 0 unspecified atom stereocenters. The van der Waals surface area contributed by atoms with E-state index in [0.29, 0.717) is 5.69 Å². The van der Waals surface area contributed by atoms with Gasteiger partial charge in [-0.25, -0.2) is 4.79 Å². The molecule has 5 atom stereocenters. The predicted octanol–water partition coefficient (Wildman–Crippen LogP) is 0.891. The lowest BCUT2D eigenvalue weighted by atomic mass is 9.96. The van der Waals surface area contributed by atoms with Crippen LogP contribution in [0.15, 0.2) is 30.3 Å².